The Hall–Kier alpha value is -2.67. The molecule has 0 spiro atoms. The van der Waals surface area contributed by atoms with Crippen LogP contribution in [0.4, 0.5) is 5.69 Å². The van der Waals surface area contributed by atoms with Gasteiger partial charge in [-0.25, -0.2) is 4.79 Å². The number of hydrogen-bond acceptors (Lipinski definition) is 5. The Labute approximate surface area is 157 Å². The largest absolute Gasteiger partial charge is 0.427 e. The van der Waals surface area contributed by atoms with Gasteiger partial charge in [-0.05, 0) is 50.5 Å². The van der Waals surface area contributed by atoms with Gasteiger partial charge in [0.05, 0.1) is 13.1 Å². The van der Waals surface area contributed by atoms with Gasteiger partial charge in [-0.3, -0.25) is 9.59 Å². The van der Waals surface area contributed by atoms with Crippen molar-refractivity contribution in [2.45, 2.75) is 33.6 Å². The van der Waals surface area contributed by atoms with Crippen LogP contribution in [0.5, 0.6) is 5.75 Å². The molecule has 3 rings (SSSR count). The van der Waals surface area contributed by atoms with Gasteiger partial charge in [0.2, 0.25) is 0 Å². The fourth-order valence-electron chi connectivity index (χ4n) is 3.57. The van der Waals surface area contributed by atoms with Gasteiger partial charge in [0.15, 0.2) is 6.54 Å². The van der Waals surface area contributed by atoms with E-state index < -0.39 is 11.6 Å². The molecule has 2 aromatic rings. The second-order valence-electron chi connectivity index (χ2n) is 6.75. The number of rotatable bonds is 5. The number of aryl methyl sites for hydroxylation is 1. The smallest absolute Gasteiger partial charge is 0.360 e. The van der Waals surface area contributed by atoms with Crippen LogP contribution in [0.25, 0.3) is 11.0 Å². The highest BCUT2D eigenvalue weighted by Crippen LogP contribution is 2.32. The molecule has 144 valence electrons. The maximum absolute atomic E-state index is 12.8. The van der Waals surface area contributed by atoms with E-state index in [2.05, 4.69) is 0 Å². The number of amides is 1. The molecule has 0 saturated carbocycles. The number of anilines is 1. The van der Waals surface area contributed by atoms with Gasteiger partial charge in [-0.1, -0.05) is 0 Å². The number of carbonyl (C=O) groups is 2. The maximum atomic E-state index is 12.8. The number of nitrogens with zero attached hydrogens (tertiary/aromatic N) is 1. The van der Waals surface area contributed by atoms with Crippen LogP contribution in [-0.4, -0.2) is 38.1 Å². The third kappa shape index (κ3) is 3.88. The van der Waals surface area contributed by atoms with Crippen LogP contribution in [0.3, 0.4) is 0 Å². The number of benzene rings is 1. The summed E-state index contributed by atoms with van der Waals surface area (Å²) in [6.07, 6.45) is 1.44. The van der Waals surface area contributed by atoms with E-state index in [0.29, 0.717) is 41.9 Å². The Bertz CT molecular complexity index is 930. The summed E-state index contributed by atoms with van der Waals surface area (Å²) < 4.78 is 10.6. The summed E-state index contributed by atoms with van der Waals surface area (Å²) in [6.45, 7) is 7.95. The summed E-state index contributed by atoms with van der Waals surface area (Å²) >= 11 is 0. The average Bonchev–Trinajstić information content (AvgIpc) is 2.65. The summed E-state index contributed by atoms with van der Waals surface area (Å²) in [6, 6.07) is 4.91. The lowest BCUT2D eigenvalue weighted by Gasteiger charge is -2.29. The van der Waals surface area contributed by atoms with Crippen LogP contribution >= 0.6 is 0 Å². The molecule has 1 aromatic heterocycles. The number of ether oxygens (including phenoxy) is 1. The minimum absolute atomic E-state index is 0.0718. The molecular formula is C20H25N2O5+. The molecule has 1 aliphatic heterocycles. The first-order chi connectivity index (χ1) is 12.9. The summed E-state index contributed by atoms with van der Waals surface area (Å²) in [5.74, 6) is -0.0980. The van der Waals surface area contributed by atoms with E-state index in [0.717, 1.165) is 30.0 Å². The topological polar surface area (TPSA) is 81.3 Å². The Balaban J connectivity index is 2.06. The summed E-state index contributed by atoms with van der Waals surface area (Å²) in [5.41, 5.74) is 1.04. The van der Waals surface area contributed by atoms with E-state index >= 15 is 0 Å². The molecule has 0 aliphatic carbocycles. The number of carbonyl (C=O) groups excluding carboxylic acids is 2. The summed E-state index contributed by atoms with van der Waals surface area (Å²) in [5, 5.41) is 0.705. The quantitative estimate of drug-likeness (QED) is 0.479. The lowest BCUT2D eigenvalue weighted by atomic mass is 9.98. The van der Waals surface area contributed by atoms with Crippen molar-refractivity contribution in [3.8, 4) is 5.75 Å². The molecule has 1 aliphatic rings. The number of likely N-dealkylation sites (N-methyl/N-ethyl adjacent to an activating group) is 1. The van der Waals surface area contributed by atoms with Crippen molar-refractivity contribution in [3.05, 3.63) is 34.2 Å². The van der Waals surface area contributed by atoms with E-state index in [1.807, 2.05) is 13.8 Å². The van der Waals surface area contributed by atoms with Crippen LogP contribution in [-0.2, 0) is 16.0 Å². The minimum Gasteiger partial charge on any atom is -0.427 e. The lowest BCUT2D eigenvalue weighted by Crippen LogP contribution is -3.12. The Kier molecular flexibility index (Phi) is 5.60. The highest BCUT2D eigenvalue weighted by atomic mass is 16.5. The van der Waals surface area contributed by atoms with Gasteiger partial charge in [-0.2, -0.15) is 0 Å². The van der Waals surface area contributed by atoms with Crippen molar-refractivity contribution >= 4 is 28.5 Å². The standard InChI is InChI=1S/C20H24N2O5/c1-4-21(5-2)12-18(24)22-10-6-7-15-16-11-14(26-13(3)23)8-9-17(16)27-20(25)19(15)22/h8-9,11H,4-7,10,12H2,1-3H3/p+1. The van der Waals surface area contributed by atoms with E-state index in [9.17, 15) is 14.4 Å². The Morgan fingerprint density at radius 2 is 2.00 bits per heavy atom. The van der Waals surface area contributed by atoms with Gasteiger partial charge < -0.3 is 19.0 Å². The number of esters is 1. The molecule has 27 heavy (non-hydrogen) atoms. The Morgan fingerprint density at radius 3 is 2.67 bits per heavy atom. The number of hydrogen-bond donors (Lipinski definition) is 1. The second-order valence-corrected chi connectivity index (χ2v) is 6.75. The third-order valence-electron chi connectivity index (χ3n) is 5.00. The van der Waals surface area contributed by atoms with Crippen LogP contribution in [0.1, 0.15) is 32.8 Å². The number of fused-ring (bicyclic) bond motifs is 3. The van der Waals surface area contributed by atoms with E-state index in [1.165, 1.54) is 6.92 Å². The van der Waals surface area contributed by atoms with Gasteiger partial charge >= 0.3 is 11.6 Å². The SMILES string of the molecule is CC[NH+](CC)CC(=O)N1CCCc2c1c(=O)oc1ccc(OC(C)=O)cc21. The fourth-order valence-corrected chi connectivity index (χ4v) is 3.57. The van der Waals surface area contributed by atoms with Crippen molar-refractivity contribution in [2.24, 2.45) is 0 Å². The normalized spacial score (nSPS) is 13.7. The Morgan fingerprint density at radius 1 is 1.26 bits per heavy atom. The van der Waals surface area contributed by atoms with Gasteiger partial charge in [0, 0.05) is 18.9 Å². The molecule has 0 saturated heterocycles. The van der Waals surface area contributed by atoms with Crippen molar-refractivity contribution in [2.75, 3.05) is 31.1 Å². The fraction of sp³-hybridized carbons (Fsp3) is 0.450. The van der Waals surface area contributed by atoms with Crippen LogP contribution in [0.2, 0.25) is 0 Å². The molecule has 1 N–H and O–H groups in total. The van der Waals surface area contributed by atoms with Crippen molar-refractivity contribution in [1.29, 1.82) is 0 Å². The molecule has 1 aromatic carbocycles. The zero-order chi connectivity index (χ0) is 19.6. The van der Waals surface area contributed by atoms with Gasteiger partial charge in [0.1, 0.15) is 17.0 Å². The lowest BCUT2D eigenvalue weighted by molar-refractivity contribution is -0.888. The highest BCUT2D eigenvalue weighted by Gasteiger charge is 2.30. The maximum Gasteiger partial charge on any atom is 0.360 e. The van der Waals surface area contributed by atoms with Crippen LogP contribution in [0, 0.1) is 0 Å². The molecule has 0 radical (unpaired) electrons. The molecule has 0 fully saturated rings. The third-order valence-corrected chi connectivity index (χ3v) is 5.00. The first-order valence-electron chi connectivity index (χ1n) is 9.36. The zero-order valence-electron chi connectivity index (χ0n) is 16.0. The molecule has 0 atom stereocenters. The van der Waals surface area contributed by atoms with Crippen molar-refractivity contribution in [1.82, 2.24) is 0 Å². The van der Waals surface area contributed by atoms with Crippen LogP contribution < -0.4 is 20.2 Å². The number of nitrogens with one attached hydrogen (secondary N) is 1. The molecule has 7 heteroatoms. The van der Waals surface area contributed by atoms with Gasteiger partial charge in [0.25, 0.3) is 5.91 Å². The molecule has 0 unspecified atom stereocenters. The minimum atomic E-state index is -0.500. The monoisotopic (exact) mass is 373 g/mol. The predicted octanol–water partition coefficient (Wildman–Crippen LogP) is 0.922. The predicted molar refractivity (Wildman–Crippen MR) is 101 cm³/mol. The van der Waals surface area contributed by atoms with E-state index in [1.54, 1.807) is 23.1 Å². The molecule has 1 amide bonds. The molecule has 0 bridgehead atoms. The summed E-state index contributed by atoms with van der Waals surface area (Å²) in [7, 11) is 0. The molecule has 7 nitrogen and oxygen atoms in total. The van der Waals surface area contributed by atoms with Gasteiger partial charge in [-0.15, -0.1) is 0 Å². The average molecular weight is 373 g/mol. The van der Waals surface area contributed by atoms with E-state index in [4.69, 9.17) is 9.15 Å². The van der Waals surface area contributed by atoms with Crippen molar-refractivity contribution in [3.63, 3.8) is 0 Å². The summed E-state index contributed by atoms with van der Waals surface area (Å²) in [4.78, 5) is 39.4. The van der Waals surface area contributed by atoms with E-state index in [-0.39, 0.29) is 5.91 Å². The number of quaternary nitrogens is 1. The first kappa shape index (κ1) is 19.1. The van der Waals surface area contributed by atoms with Crippen LogP contribution in [0.15, 0.2) is 27.4 Å². The molecular weight excluding hydrogens is 348 g/mol. The highest BCUT2D eigenvalue weighted by molar-refractivity contribution is 5.98. The molecule has 2 heterocycles. The zero-order valence-corrected chi connectivity index (χ0v) is 16.0. The second kappa shape index (κ2) is 7.92. The van der Waals surface area contributed by atoms with Crippen molar-refractivity contribution < 1.29 is 23.6 Å². The first-order valence-corrected chi connectivity index (χ1v) is 9.36.